The zero-order valence-electron chi connectivity index (χ0n) is 14.4. The van der Waals surface area contributed by atoms with Gasteiger partial charge in [0, 0.05) is 18.7 Å². The summed E-state index contributed by atoms with van der Waals surface area (Å²) in [5, 5.41) is 3.32. The summed E-state index contributed by atoms with van der Waals surface area (Å²) in [4.78, 5) is 14.5. The minimum Gasteiger partial charge on any atom is -0.493 e. The molecule has 23 heavy (non-hydrogen) atoms. The number of rotatable bonds is 7. The van der Waals surface area contributed by atoms with Gasteiger partial charge in [-0.05, 0) is 50.6 Å². The Morgan fingerprint density at radius 2 is 2.04 bits per heavy atom. The van der Waals surface area contributed by atoms with E-state index in [0.717, 1.165) is 38.8 Å². The van der Waals surface area contributed by atoms with Crippen LogP contribution in [0.15, 0.2) is 18.2 Å². The Labute approximate surface area is 139 Å². The summed E-state index contributed by atoms with van der Waals surface area (Å²) in [6, 6.07) is 5.73. The van der Waals surface area contributed by atoms with E-state index >= 15 is 0 Å². The quantitative estimate of drug-likeness (QED) is 0.785. The van der Waals surface area contributed by atoms with Gasteiger partial charge in [0.05, 0.1) is 13.7 Å². The second-order valence-corrected chi connectivity index (χ2v) is 5.96. The van der Waals surface area contributed by atoms with Gasteiger partial charge in [0.25, 0.3) is 5.91 Å². The van der Waals surface area contributed by atoms with Gasteiger partial charge in [-0.1, -0.05) is 13.3 Å². The monoisotopic (exact) mass is 320 g/mol. The van der Waals surface area contributed by atoms with Crippen molar-refractivity contribution in [2.24, 2.45) is 0 Å². The average Bonchev–Trinajstić information content (AvgIpc) is 2.61. The van der Waals surface area contributed by atoms with Crippen molar-refractivity contribution in [3.63, 3.8) is 0 Å². The first-order valence-electron chi connectivity index (χ1n) is 8.46. The number of benzene rings is 1. The molecule has 0 saturated carbocycles. The fourth-order valence-corrected chi connectivity index (χ4v) is 2.81. The highest BCUT2D eigenvalue weighted by atomic mass is 16.5. The first kappa shape index (κ1) is 17.6. The van der Waals surface area contributed by atoms with Crippen LogP contribution in [0.1, 0.15) is 43.0 Å². The van der Waals surface area contributed by atoms with Crippen molar-refractivity contribution in [2.45, 2.75) is 38.6 Å². The molecule has 0 spiro atoms. The van der Waals surface area contributed by atoms with Crippen molar-refractivity contribution in [2.75, 3.05) is 33.9 Å². The summed E-state index contributed by atoms with van der Waals surface area (Å²) in [5.41, 5.74) is 0.644. The van der Waals surface area contributed by atoms with Crippen LogP contribution >= 0.6 is 0 Å². The summed E-state index contributed by atoms with van der Waals surface area (Å²) in [6.45, 7) is 4.72. The van der Waals surface area contributed by atoms with E-state index < -0.39 is 0 Å². The molecular formula is C18H28N2O3. The predicted molar refractivity (Wildman–Crippen MR) is 91.4 cm³/mol. The van der Waals surface area contributed by atoms with Crippen molar-refractivity contribution >= 4 is 5.91 Å². The smallest absolute Gasteiger partial charge is 0.253 e. The highest BCUT2D eigenvalue weighted by Crippen LogP contribution is 2.29. The molecule has 1 saturated heterocycles. The molecule has 0 radical (unpaired) electrons. The summed E-state index contributed by atoms with van der Waals surface area (Å²) < 4.78 is 11.1. The Morgan fingerprint density at radius 3 is 2.70 bits per heavy atom. The van der Waals surface area contributed by atoms with Crippen molar-refractivity contribution in [1.82, 2.24) is 10.2 Å². The van der Waals surface area contributed by atoms with Crippen molar-refractivity contribution in [1.29, 1.82) is 0 Å². The first-order chi connectivity index (χ1) is 11.2. The number of ether oxygens (including phenoxy) is 2. The number of hydrogen-bond acceptors (Lipinski definition) is 4. The van der Waals surface area contributed by atoms with Gasteiger partial charge < -0.3 is 19.7 Å². The van der Waals surface area contributed by atoms with Gasteiger partial charge in [-0.25, -0.2) is 0 Å². The summed E-state index contributed by atoms with van der Waals surface area (Å²) in [7, 11) is 3.49. The molecule has 1 heterocycles. The van der Waals surface area contributed by atoms with Crippen LogP contribution in [0.3, 0.4) is 0 Å². The van der Waals surface area contributed by atoms with Crippen LogP contribution < -0.4 is 14.8 Å². The first-order valence-corrected chi connectivity index (χ1v) is 8.46. The topological polar surface area (TPSA) is 50.8 Å². The molecule has 0 aromatic heterocycles. The zero-order valence-corrected chi connectivity index (χ0v) is 14.4. The molecule has 0 unspecified atom stereocenters. The van der Waals surface area contributed by atoms with E-state index in [0.29, 0.717) is 29.7 Å². The molecule has 5 nitrogen and oxygen atoms in total. The lowest BCUT2D eigenvalue weighted by Crippen LogP contribution is -2.43. The maximum Gasteiger partial charge on any atom is 0.253 e. The minimum absolute atomic E-state index is 0.0373. The molecule has 0 bridgehead atoms. The van der Waals surface area contributed by atoms with E-state index in [9.17, 15) is 4.79 Å². The van der Waals surface area contributed by atoms with Gasteiger partial charge in [0.2, 0.25) is 0 Å². The molecule has 2 rings (SSSR count). The molecule has 0 aliphatic carbocycles. The van der Waals surface area contributed by atoms with Gasteiger partial charge in [0.1, 0.15) is 0 Å². The number of amides is 1. The van der Waals surface area contributed by atoms with E-state index in [1.165, 1.54) is 0 Å². The van der Waals surface area contributed by atoms with E-state index in [1.807, 2.05) is 24.1 Å². The maximum absolute atomic E-state index is 12.7. The molecule has 1 aromatic carbocycles. The Morgan fingerprint density at radius 1 is 1.30 bits per heavy atom. The highest BCUT2D eigenvalue weighted by molar-refractivity contribution is 5.95. The second-order valence-electron chi connectivity index (χ2n) is 5.96. The Hall–Kier alpha value is -1.75. The lowest BCUT2D eigenvalue weighted by molar-refractivity contribution is 0.0703. The number of nitrogens with zero attached hydrogens (tertiary/aromatic N) is 1. The maximum atomic E-state index is 12.7. The van der Waals surface area contributed by atoms with Crippen molar-refractivity contribution < 1.29 is 14.3 Å². The van der Waals surface area contributed by atoms with E-state index in [-0.39, 0.29) is 5.91 Å². The summed E-state index contributed by atoms with van der Waals surface area (Å²) >= 11 is 0. The third kappa shape index (κ3) is 4.61. The number of carbonyl (C=O) groups excluding carboxylic acids is 1. The number of unbranched alkanes of at least 4 members (excludes halogenated alkanes) is 1. The SMILES string of the molecule is CCCCOc1ccc(C(=O)N(C)C2CCNCC2)cc1OC. The highest BCUT2D eigenvalue weighted by Gasteiger charge is 2.23. The van der Waals surface area contributed by atoms with E-state index in [2.05, 4.69) is 12.2 Å². The number of hydrogen-bond donors (Lipinski definition) is 1. The normalized spacial score (nSPS) is 15.3. The van der Waals surface area contributed by atoms with Crippen LogP contribution in [0.2, 0.25) is 0 Å². The van der Waals surface area contributed by atoms with Gasteiger partial charge in [0.15, 0.2) is 11.5 Å². The average molecular weight is 320 g/mol. The van der Waals surface area contributed by atoms with Crippen LogP contribution in [0.4, 0.5) is 0 Å². The standard InChI is InChI=1S/C18H28N2O3/c1-4-5-12-23-16-7-6-14(13-17(16)22-3)18(21)20(2)15-8-10-19-11-9-15/h6-7,13,15,19H,4-5,8-12H2,1-3H3. The third-order valence-corrected chi connectivity index (χ3v) is 4.34. The molecule has 1 N–H and O–H groups in total. The number of methoxy groups -OCH3 is 1. The van der Waals surface area contributed by atoms with E-state index in [1.54, 1.807) is 13.2 Å². The number of nitrogens with one attached hydrogen (secondary N) is 1. The lowest BCUT2D eigenvalue weighted by atomic mass is 10.0. The lowest BCUT2D eigenvalue weighted by Gasteiger charge is -2.31. The van der Waals surface area contributed by atoms with Crippen molar-refractivity contribution in [3.05, 3.63) is 23.8 Å². The van der Waals surface area contributed by atoms with Crippen LogP contribution in [0.5, 0.6) is 11.5 Å². The van der Waals surface area contributed by atoms with Crippen molar-refractivity contribution in [3.8, 4) is 11.5 Å². The van der Waals surface area contributed by atoms with Crippen LogP contribution in [-0.4, -0.2) is 50.7 Å². The molecule has 128 valence electrons. The van der Waals surface area contributed by atoms with E-state index in [4.69, 9.17) is 9.47 Å². The summed E-state index contributed by atoms with van der Waals surface area (Å²) in [6.07, 6.45) is 4.08. The minimum atomic E-state index is 0.0373. The predicted octanol–water partition coefficient (Wildman–Crippen LogP) is 2.70. The fraction of sp³-hybridized carbons (Fsp3) is 0.611. The molecule has 0 atom stereocenters. The molecule has 1 aromatic rings. The molecule has 1 aliphatic rings. The Kier molecular flexibility index (Phi) is 6.71. The Bertz CT molecular complexity index is 513. The van der Waals surface area contributed by atoms with Gasteiger partial charge >= 0.3 is 0 Å². The molecule has 1 aliphatic heterocycles. The van der Waals surface area contributed by atoms with Gasteiger partial charge in [-0.3, -0.25) is 4.79 Å². The van der Waals surface area contributed by atoms with Gasteiger partial charge in [-0.2, -0.15) is 0 Å². The molecule has 5 heteroatoms. The molecule has 1 fully saturated rings. The third-order valence-electron chi connectivity index (χ3n) is 4.34. The number of piperidine rings is 1. The molecule has 1 amide bonds. The largest absolute Gasteiger partial charge is 0.493 e. The van der Waals surface area contributed by atoms with Crippen LogP contribution in [-0.2, 0) is 0 Å². The molecular weight excluding hydrogens is 292 g/mol. The fourth-order valence-electron chi connectivity index (χ4n) is 2.81. The Balaban J connectivity index is 2.07. The zero-order chi connectivity index (χ0) is 16.7. The van der Waals surface area contributed by atoms with Crippen LogP contribution in [0.25, 0.3) is 0 Å². The number of carbonyl (C=O) groups is 1. The van der Waals surface area contributed by atoms with Crippen LogP contribution in [0, 0.1) is 0 Å². The van der Waals surface area contributed by atoms with Gasteiger partial charge in [-0.15, -0.1) is 0 Å². The summed E-state index contributed by atoms with van der Waals surface area (Å²) in [5.74, 6) is 1.35. The second kappa shape index (κ2) is 8.77.